The van der Waals surface area contributed by atoms with Crippen molar-refractivity contribution in [3.8, 4) is 6.07 Å². The highest BCUT2D eigenvalue weighted by molar-refractivity contribution is 7.17. The summed E-state index contributed by atoms with van der Waals surface area (Å²) >= 11 is 1.45. The Bertz CT molecular complexity index is 1340. The first-order valence-corrected chi connectivity index (χ1v) is 12.5. The summed E-state index contributed by atoms with van der Waals surface area (Å²) in [4.78, 5) is 37.9. The number of benzene rings is 1. The first kappa shape index (κ1) is 23.3. The molecule has 2 aliphatic rings. The van der Waals surface area contributed by atoms with Crippen molar-refractivity contribution in [3.63, 3.8) is 0 Å². The number of hydrogen-bond acceptors (Lipinski definition) is 7. The maximum absolute atomic E-state index is 12.7. The van der Waals surface area contributed by atoms with Crippen molar-refractivity contribution in [1.29, 1.82) is 5.26 Å². The van der Waals surface area contributed by atoms with Gasteiger partial charge in [0.05, 0.1) is 31.0 Å². The van der Waals surface area contributed by atoms with E-state index >= 15 is 0 Å². The number of carbonyl (C=O) groups is 2. The number of morpholine rings is 1. The molecule has 2 amide bonds. The highest BCUT2D eigenvalue weighted by atomic mass is 32.1. The van der Waals surface area contributed by atoms with Crippen LogP contribution < -0.4 is 10.2 Å². The van der Waals surface area contributed by atoms with E-state index in [1.54, 1.807) is 13.1 Å². The summed E-state index contributed by atoms with van der Waals surface area (Å²) in [5, 5.41) is 13.8. The number of H-pyrrole nitrogens is 1. The Labute approximate surface area is 207 Å². The van der Waals surface area contributed by atoms with Crippen LogP contribution in [0.4, 0.5) is 5.13 Å². The van der Waals surface area contributed by atoms with Crippen LogP contribution in [-0.4, -0.2) is 71.6 Å². The lowest BCUT2D eigenvalue weighted by atomic mass is 9.94. The van der Waals surface area contributed by atoms with Crippen LogP contribution in [0.1, 0.15) is 45.1 Å². The highest BCUT2D eigenvalue weighted by Crippen LogP contribution is 2.34. The third kappa shape index (κ3) is 4.49. The molecule has 182 valence electrons. The zero-order chi connectivity index (χ0) is 24.7. The molecule has 35 heavy (non-hydrogen) atoms. The quantitative estimate of drug-likeness (QED) is 0.530. The van der Waals surface area contributed by atoms with Gasteiger partial charge in [-0.15, -0.1) is 0 Å². The standard InChI is InChI=1S/C25H28N6O3S/c1-25(2)12-20-21(22(32)29-25)35-24(28-20)31-8-9-34-14-17(31)10-16-13-27-19-5-4-15(11-18(16)19)23(33)30(3)7-6-26/h4-5,11,13,17,27H,7-10,12,14H2,1-3H3,(H,29,32)/t17-/m0/s1. The average molecular weight is 493 g/mol. The molecule has 0 bridgehead atoms. The minimum Gasteiger partial charge on any atom is -0.377 e. The van der Waals surface area contributed by atoms with Gasteiger partial charge in [-0.3, -0.25) is 9.59 Å². The molecule has 0 radical (unpaired) electrons. The average Bonchev–Trinajstić information content (AvgIpc) is 3.42. The largest absolute Gasteiger partial charge is 0.377 e. The molecule has 1 aromatic carbocycles. The number of hydrogen-bond donors (Lipinski definition) is 2. The molecule has 0 unspecified atom stereocenters. The third-order valence-electron chi connectivity index (χ3n) is 6.55. The number of aromatic amines is 1. The van der Waals surface area contributed by atoms with E-state index in [0.717, 1.165) is 27.3 Å². The molecule has 0 aliphatic carbocycles. The van der Waals surface area contributed by atoms with Crippen molar-refractivity contribution >= 4 is 39.2 Å². The second-order valence-corrected chi connectivity index (χ2v) is 10.8. The van der Waals surface area contributed by atoms with Crippen molar-refractivity contribution < 1.29 is 14.3 Å². The van der Waals surface area contributed by atoms with Gasteiger partial charge in [0.2, 0.25) is 0 Å². The van der Waals surface area contributed by atoms with Gasteiger partial charge in [0, 0.05) is 48.2 Å². The Hall–Kier alpha value is -3.42. The summed E-state index contributed by atoms with van der Waals surface area (Å²) in [5.41, 5.74) is 3.14. The number of thiazole rings is 1. The van der Waals surface area contributed by atoms with E-state index in [9.17, 15) is 9.59 Å². The van der Waals surface area contributed by atoms with Crippen LogP contribution in [0.2, 0.25) is 0 Å². The van der Waals surface area contributed by atoms with E-state index in [-0.39, 0.29) is 29.9 Å². The Balaban J connectivity index is 1.42. The first-order valence-electron chi connectivity index (χ1n) is 11.6. The number of fused-ring (bicyclic) bond motifs is 2. The smallest absolute Gasteiger partial charge is 0.263 e. The SMILES string of the molecule is CN(CC#N)C(=O)c1ccc2[nH]cc(C[C@H]3COCCN3c3nc4c(s3)C(=O)NC(C)(C)C4)c2c1. The highest BCUT2D eigenvalue weighted by Gasteiger charge is 2.35. The summed E-state index contributed by atoms with van der Waals surface area (Å²) in [6, 6.07) is 7.63. The van der Waals surface area contributed by atoms with Gasteiger partial charge in [-0.25, -0.2) is 4.98 Å². The molecular formula is C25H28N6O3S. The zero-order valence-electron chi connectivity index (χ0n) is 20.1. The maximum atomic E-state index is 12.7. The fraction of sp³-hybridized carbons (Fsp3) is 0.440. The molecule has 0 saturated carbocycles. The fourth-order valence-corrected chi connectivity index (χ4v) is 5.87. The molecule has 3 aromatic rings. The van der Waals surface area contributed by atoms with Gasteiger partial charge < -0.3 is 24.8 Å². The van der Waals surface area contributed by atoms with E-state index in [0.29, 0.717) is 43.0 Å². The monoisotopic (exact) mass is 492 g/mol. The van der Waals surface area contributed by atoms with E-state index in [1.165, 1.54) is 16.2 Å². The molecule has 2 N–H and O–H groups in total. The number of carbonyl (C=O) groups excluding carboxylic acids is 2. The van der Waals surface area contributed by atoms with E-state index in [4.69, 9.17) is 15.0 Å². The zero-order valence-corrected chi connectivity index (χ0v) is 20.9. The minimum absolute atomic E-state index is 0.0399. The molecule has 1 atom stereocenters. The lowest BCUT2D eigenvalue weighted by molar-refractivity contribution is 0.0811. The van der Waals surface area contributed by atoms with Crippen molar-refractivity contribution in [2.45, 2.75) is 38.3 Å². The Morgan fingerprint density at radius 3 is 3.06 bits per heavy atom. The minimum atomic E-state index is -0.305. The van der Waals surface area contributed by atoms with Gasteiger partial charge >= 0.3 is 0 Å². The van der Waals surface area contributed by atoms with E-state index in [2.05, 4.69) is 15.2 Å². The predicted octanol–water partition coefficient (Wildman–Crippen LogP) is 2.73. The van der Waals surface area contributed by atoms with Crippen LogP contribution >= 0.6 is 11.3 Å². The number of nitrogens with one attached hydrogen (secondary N) is 2. The number of aromatic nitrogens is 2. The van der Waals surface area contributed by atoms with E-state index < -0.39 is 0 Å². The van der Waals surface area contributed by atoms with Crippen LogP contribution in [-0.2, 0) is 17.6 Å². The van der Waals surface area contributed by atoms with Gasteiger partial charge in [-0.1, -0.05) is 11.3 Å². The Morgan fingerprint density at radius 1 is 1.43 bits per heavy atom. The van der Waals surface area contributed by atoms with Crippen molar-refractivity contribution in [2.24, 2.45) is 0 Å². The molecule has 10 heteroatoms. The molecule has 9 nitrogen and oxygen atoms in total. The first-order chi connectivity index (χ1) is 16.8. The van der Waals surface area contributed by atoms with Crippen LogP contribution in [0.25, 0.3) is 10.9 Å². The van der Waals surface area contributed by atoms with E-state index in [1.807, 2.05) is 38.2 Å². The summed E-state index contributed by atoms with van der Waals surface area (Å²) in [7, 11) is 1.63. The number of amides is 2. The Kier molecular flexibility index (Phi) is 5.99. The molecule has 5 rings (SSSR count). The molecule has 4 heterocycles. The van der Waals surface area contributed by atoms with Crippen molar-refractivity contribution in [1.82, 2.24) is 20.2 Å². The number of nitrogens with zero attached hydrogens (tertiary/aromatic N) is 4. The molecule has 1 saturated heterocycles. The summed E-state index contributed by atoms with van der Waals surface area (Å²) in [6.07, 6.45) is 3.39. The molecule has 2 aliphatic heterocycles. The lowest BCUT2D eigenvalue weighted by Crippen LogP contribution is -2.48. The van der Waals surface area contributed by atoms with Crippen LogP contribution in [0.15, 0.2) is 24.4 Å². The van der Waals surface area contributed by atoms with Crippen LogP contribution in [0, 0.1) is 11.3 Å². The summed E-state index contributed by atoms with van der Waals surface area (Å²) in [5.74, 6) is -0.238. The summed E-state index contributed by atoms with van der Waals surface area (Å²) < 4.78 is 5.83. The topological polar surface area (TPSA) is 114 Å². The van der Waals surface area contributed by atoms with Gasteiger partial charge in [0.1, 0.15) is 11.4 Å². The van der Waals surface area contributed by atoms with Crippen LogP contribution in [0.3, 0.4) is 0 Å². The van der Waals surface area contributed by atoms with Crippen LogP contribution in [0.5, 0.6) is 0 Å². The Morgan fingerprint density at radius 2 is 2.26 bits per heavy atom. The molecule has 0 spiro atoms. The van der Waals surface area contributed by atoms with Gasteiger partial charge in [-0.2, -0.15) is 5.26 Å². The summed E-state index contributed by atoms with van der Waals surface area (Å²) in [6.45, 7) is 5.93. The molecule has 2 aromatic heterocycles. The van der Waals surface area contributed by atoms with Crippen molar-refractivity contribution in [3.05, 3.63) is 46.1 Å². The fourth-order valence-electron chi connectivity index (χ4n) is 4.79. The number of ether oxygens (including phenoxy) is 1. The second kappa shape index (κ2) is 8.98. The van der Waals surface area contributed by atoms with Crippen molar-refractivity contribution in [2.75, 3.05) is 38.3 Å². The maximum Gasteiger partial charge on any atom is 0.263 e. The number of nitriles is 1. The second-order valence-electron chi connectivity index (χ2n) is 9.81. The predicted molar refractivity (Wildman–Crippen MR) is 134 cm³/mol. The third-order valence-corrected chi connectivity index (χ3v) is 7.68. The normalized spacial score (nSPS) is 19.2. The van der Waals surface area contributed by atoms with Gasteiger partial charge in [0.25, 0.3) is 11.8 Å². The molecular weight excluding hydrogens is 464 g/mol. The lowest BCUT2D eigenvalue weighted by Gasteiger charge is -2.35. The van der Waals surface area contributed by atoms with Gasteiger partial charge in [-0.05, 0) is 44.0 Å². The molecule has 1 fully saturated rings. The number of anilines is 1. The number of rotatable bonds is 5. The van der Waals surface area contributed by atoms with Gasteiger partial charge in [0.15, 0.2) is 5.13 Å².